The standard InChI is InChI=1S/C32H32FN3O5/c1-2-3-9-25-19-32(30(37)38,31(39)40)16-17-36(25)20-21-10-12-23(13-11-21)28-34-29(41-35-28)24-14-15-26(27(33)18-24)22-7-5-4-6-8-22/h4-8,10-15,18,25H,2-3,9,16-17,19-20H2,1H3,(H,37,38)(H,39,40). The van der Waals surface area contributed by atoms with Gasteiger partial charge in [-0.1, -0.05) is 85.6 Å². The molecule has 0 aliphatic carbocycles. The van der Waals surface area contributed by atoms with Crippen LogP contribution in [-0.2, 0) is 16.1 Å². The number of aliphatic carboxylic acids is 2. The second-order valence-corrected chi connectivity index (χ2v) is 10.6. The van der Waals surface area contributed by atoms with Crippen LogP contribution in [0.5, 0.6) is 0 Å². The molecule has 2 N–H and O–H groups in total. The molecule has 5 rings (SSSR count). The lowest BCUT2D eigenvalue weighted by Gasteiger charge is -2.42. The summed E-state index contributed by atoms with van der Waals surface area (Å²) in [6, 6.07) is 21.7. The summed E-state index contributed by atoms with van der Waals surface area (Å²) in [5.41, 5.74) is 1.77. The Bertz CT molecular complexity index is 1510. The van der Waals surface area contributed by atoms with E-state index in [1.54, 1.807) is 12.1 Å². The van der Waals surface area contributed by atoms with Gasteiger partial charge in [0.25, 0.3) is 5.89 Å². The van der Waals surface area contributed by atoms with Crippen molar-refractivity contribution in [2.75, 3.05) is 6.54 Å². The number of likely N-dealkylation sites (tertiary alicyclic amines) is 1. The van der Waals surface area contributed by atoms with E-state index in [4.69, 9.17) is 4.52 Å². The number of hydrogen-bond donors (Lipinski definition) is 2. The first-order valence-corrected chi connectivity index (χ1v) is 13.8. The maximum atomic E-state index is 14.9. The second-order valence-electron chi connectivity index (χ2n) is 10.6. The van der Waals surface area contributed by atoms with Crippen LogP contribution in [0.25, 0.3) is 34.0 Å². The number of halogens is 1. The zero-order valence-corrected chi connectivity index (χ0v) is 22.8. The van der Waals surface area contributed by atoms with E-state index in [-0.39, 0.29) is 30.6 Å². The zero-order chi connectivity index (χ0) is 29.0. The Morgan fingerprint density at radius 2 is 1.71 bits per heavy atom. The fraction of sp³-hybridized carbons (Fsp3) is 0.312. The van der Waals surface area contributed by atoms with Crippen molar-refractivity contribution >= 4 is 11.9 Å². The van der Waals surface area contributed by atoms with E-state index in [0.29, 0.717) is 30.0 Å². The Balaban J connectivity index is 1.29. The van der Waals surface area contributed by atoms with Gasteiger partial charge in [0.2, 0.25) is 5.82 Å². The van der Waals surface area contributed by atoms with Crippen molar-refractivity contribution < 1.29 is 28.7 Å². The average molecular weight is 558 g/mol. The molecule has 8 nitrogen and oxygen atoms in total. The van der Waals surface area contributed by atoms with Gasteiger partial charge in [-0.15, -0.1) is 0 Å². The summed E-state index contributed by atoms with van der Waals surface area (Å²) in [5, 5.41) is 23.5. The van der Waals surface area contributed by atoms with Crippen molar-refractivity contribution in [1.29, 1.82) is 0 Å². The van der Waals surface area contributed by atoms with Crippen molar-refractivity contribution in [1.82, 2.24) is 15.0 Å². The fourth-order valence-electron chi connectivity index (χ4n) is 5.51. The van der Waals surface area contributed by atoms with Crippen LogP contribution in [0.1, 0.15) is 44.6 Å². The van der Waals surface area contributed by atoms with E-state index >= 15 is 0 Å². The largest absolute Gasteiger partial charge is 0.480 e. The van der Waals surface area contributed by atoms with Gasteiger partial charge in [-0.05, 0) is 42.5 Å². The highest BCUT2D eigenvalue weighted by Crippen LogP contribution is 2.38. The molecule has 0 amide bonds. The van der Waals surface area contributed by atoms with Gasteiger partial charge in [0, 0.05) is 35.8 Å². The topological polar surface area (TPSA) is 117 Å². The molecule has 41 heavy (non-hydrogen) atoms. The molecule has 0 saturated carbocycles. The summed E-state index contributed by atoms with van der Waals surface area (Å²) < 4.78 is 20.3. The van der Waals surface area contributed by atoms with E-state index in [1.807, 2.05) is 54.6 Å². The molecule has 2 heterocycles. The second kappa shape index (κ2) is 12.0. The van der Waals surface area contributed by atoms with Gasteiger partial charge in [-0.2, -0.15) is 4.98 Å². The molecule has 0 bridgehead atoms. The molecule has 3 aromatic carbocycles. The number of carboxylic acids is 2. The SMILES string of the molecule is CCCCC1CC(C(=O)O)(C(=O)O)CCN1Cc1ccc(-c2noc(-c3ccc(-c4ccccc4)c(F)c3)n2)cc1. The van der Waals surface area contributed by atoms with Crippen LogP contribution in [0.3, 0.4) is 0 Å². The van der Waals surface area contributed by atoms with Crippen LogP contribution in [-0.4, -0.2) is 49.8 Å². The molecule has 0 spiro atoms. The number of nitrogens with zero attached hydrogens (tertiary/aromatic N) is 3. The summed E-state index contributed by atoms with van der Waals surface area (Å²) >= 11 is 0. The Labute approximate surface area is 237 Å². The monoisotopic (exact) mass is 557 g/mol. The minimum Gasteiger partial charge on any atom is -0.480 e. The minimum absolute atomic E-state index is 0.0664. The highest BCUT2D eigenvalue weighted by molar-refractivity contribution is 5.98. The van der Waals surface area contributed by atoms with Gasteiger partial charge < -0.3 is 14.7 Å². The Morgan fingerprint density at radius 1 is 1.00 bits per heavy atom. The quantitative estimate of drug-likeness (QED) is 0.212. The molecule has 1 aromatic heterocycles. The molecule has 1 atom stereocenters. The third-order valence-electron chi connectivity index (χ3n) is 7.96. The van der Waals surface area contributed by atoms with Crippen LogP contribution in [0.15, 0.2) is 77.3 Å². The first-order chi connectivity index (χ1) is 19.8. The summed E-state index contributed by atoms with van der Waals surface area (Å²) in [6.07, 6.45) is 2.75. The number of benzene rings is 3. The van der Waals surface area contributed by atoms with Crippen molar-refractivity contribution in [2.45, 2.75) is 51.6 Å². The molecular weight excluding hydrogens is 525 g/mol. The number of carboxylic acid groups (broad SMARTS) is 2. The lowest BCUT2D eigenvalue weighted by atomic mass is 9.74. The minimum atomic E-state index is -1.74. The number of rotatable bonds is 10. The summed E-state index contributed by atoms with van der Waals surface area (Å²) in [7, 11) is 0. The Morgan fingerprint density at radius 3 is 2.37 bits per heavy atom. The predicted octanol–water partition coefficient (Wildman–Crippen LogP) is 6.52. The number of hydrogen-bond acceptors (Lipinski definition) is 6. The molecule has 4 aromatic rings. The highest BCUT2D eigenvalue weighted by atomic mass is 19.1. The number of piperidine rings is 1. The molecule has 1 saturated heterocycles. The lowest BCUT2D eigenvalue weighted by molar-refractivity contribution is -0.170. The van der Waals surface area contributed by atoms with Crippen molar-refractivity contribution in [2.24, 2.45) is 5.41 Å². The van der Waals surface area contributed by atoms with Crippen LogP contribution in [0.2, 0.25) is 0 Å². The van der Waals surface area contributed by atoms with E-state index in [0.717, 1.165) is 36.0 Å². The highest BCUT2D eigenvalue weighted by Gasteiger charge is 2.51. The molecule has 1 aliphatic rings. The molecule has 1 aliphatic heterocycles. The van der Waals surface area contributed by atoms with Crippen molar-refractivity contribution in [3.05, 3.63) is 84.2 Å². The molecule has 9 heteroatoms. The summed E-state index contributed by atoms with van der Waals surface area (Å²) in [5.74, 6) is -2.30. The lowest BCUT2D eigenvalue weighted by Crippen LogP contribution is -2.53. The van der Waals surface area contributed by atoms with Crippen LogP contribution < -0.4 is 0 Å². The van der Waals surface area contributed by atoms with E-state index in [9.17, 15) is 24.2 Å². The third-order valence-corrected chi connectivity index (χ3v) is 7.96. The normalized spacial score (nSPS) is 16.9. The van der Waals surface area contributed by atoms with Crippen LogP contribution >= 0.6 is 0 Å². The Hall–Kier alpha value is -4.37. The molecular formula is C32H32FN3O5. The zero-order valence-electron chi connectivity index (χ0n) is 22.8. The van der Waals surface area contributed by atoms with Gasteiger partial charge in [0.1, 0.15) is 5.82 Å². The van der Waals surface area contributed by atoms with E-state index < -0.39 is 17.4 Å². The smallest absolute Gasteiger partial charge is 0.321 e. The maximum Gasteiger partial charge on any atom is 0.321 e. The summed E-state index contributed by atoms with van der Waals surface area (Å²) in [4.78, 5) is 30.5. The first kappa shape index (κ1) is 28.2. The van der Waals surface area contributed by atoms with Crippen LogP contribution in [0.4, 0.5) is 4.39 Å². The van der Waals surface area contributed by atoms with Gasteiger partial charge in [-0.25, -0.2) is 4.39 Å². The molecule has 1 unspecified atom stereocenters. The maximum absolute atomic E-state index is 14.9. The van der Waals surface area contributed by atoms with Gasteiger partial charge in [0.15, 0.2) is 5.41 Å². The Kier molecular flexibility index (Phi) is 8.26. The van der Waals surface area contributed by atoms with Crippen molar-refractivity contribution in [3.63, 3.8) is 0 Å². The number of carbonyl (C=O) groups is 2. The molecule has 0 radical (unpaired) electrons. The van der Waals surface area contributed by atoms with Crippen LogP contribution in [0, 0.1) is 11.2 Å². The average Bonchev–Trinajstić information content (AvgIpc) is 3.48. The van der Waals surface area contributed by atoms with Crippen molar-refractivity contribution in [3.8, 4) is 34.0 Å². The van der Waals surface area contributed by atoms with E-state index in [1.165, 1.54) is 6.07 Å². The van der Waals surface area contributed by atoms with Gasteiger partial charge in [-0.3, -0.25) is 14.5 Å². The first-order valence-electron chi connectivity index (χ1n) is 13.8. The third kappa shape index (κ3) is 5.90. The molecule has 1 fully saturated rings. The number of aromatic nitrogens is 2. The van der Waals surface area contributed by atoms with Gasteiger partial charge >= 0.3 is 11.9 Å². The molecule has 212 valence electrons. The van der Waals surface area contributed by atoms with E-state index in [2.05, 4.69) is 22.0 Å². The van der Waals surface area contributed by atoms with Gasteiger partial charge in [0.05, 0.1) is 0 Å². The summed E-state index contributed by atoms with van der Waals surface area (Å²) in [6.45, 7) is 3.03. The number of unbranched alkanes of at least 4 members (excludes halogenated alkanes) is 1. The predicted molar refractivity (Wildman–Crippen MR) is 151 cm³/mol. The fourth-order valence-corrected chi connectivity index (χ4v) is 5.51.